The normalized spacial score (nSPS) is 35.1. The molecule has 1 aliphatic heterocycles. The Hall–Kier alpha value is -0.980. The number of hydrogen-bond donors (Lipinski definition) is 0. The van der Waals surface area contributed by atoms with Crippen LogP contribution < -0.4 is 0 Å². The third-order valence-electron chi connectivity index (χ3n) is 1.87. The molecule has 0 N–H and O–H groups in total. The molecule has 0 aromatic heterocycles. The van der Waals surface area contributed by atoms with Gasteiger partial charge in [0.1, 0.15) is 6.10 Å². The van der Waals surface area contributed by atoms with E-state index in [0.717, 1.165) is 5.76 Å². The Kier molecular flexibility index (Phi) is 1.16. The zero-order valence-electron chi connectivity index (χ0n) is 5.95. The number of hydrogen-bond acceptors (Lipinski definition) is 1. The van der Waals surface area contributed by atoms with Gasteiger partial charge in [0.2, 0.25) is 0 Å². The third-order valence-corrected chi connectivity index (χ3v) is 1.87. The third kappa shape index (κ3) is 0.783. The summed E-state index contributed by atoms with van der Waals surface area (Å²) in [5.41, 5.74) is 0. The summed E-state index contributed by atoms with van der Waals surface area (Å²) in [6, 6.07) is 0. The van der Waals surface area contributed by atoms with Gasteiger partial charge in [0.15, 0.2) is 0 Å². The van der Waals surface area contributed by atoms with E-state index in [0.29, 0.717) is 5.92 Å². The van der Waals surface area contributed by atoms with E-state index >= 15 is 0 Å². The Morgan fingerprint density at radius 2 is 2.10 bits per heavy atom. The van der Waals surface area contributed by atoms with Gasteiger partial charge in [0.25, 0.3) is 0 Å². The Bertz CT molecular complexity index is 223. The highest BCUT2D eigenvalue weighted by atomic mass is 16.5. The molecule has 2 aliphatic rings. The first-order chi connectivity index (χ1) is 4.86. The van der Waals surface area contributed by atoms with E-state index in [2.05, 4.69) is 24.3 Å². The summed E-state index contributed by atoms with van der Waals surface area (Å²) in [6.45, 7) is 2.00. The maximum absolute atomic E-state index is 5.49. The second kappa shape index (κ2) is 2.01. The van der Waals surface area contributed by atoms with Crippen molar-refractivity contribution in [3.05, 3.63) is 36.1 Å². The largest absolute Gasteiger partial charge is 0.490 e. The van der Waals surface area contributed by atoms with Crippen molar-refractivity contribution in [3.63, 3.8) is 0 Å². The van der Waals surface area contributed by atoms with Crippen molar-refractivity contribution in [1.29, 1.82) is 0 Å². The summed E-state index contributed by atoms with van der Waals surface area (Å²) >= 11 is 0. The zero-order chi connectivity index (χ0) is 6.97. The van der Waals surface area contributed by atoms with Crippen LogP contribution in [0.15, 0.2) is 36.1 Å². The molecule has 0 aromatic carbocycles. The van der Waals surface area contributed by atoms with Gasteiger partial charge in [-0.25, -0.2) is 0 Å². The Balaban J connectivity index is 2.24. The average Bonchev–Trinajstić information content (AvgIpc) is 2.27. The molecule has 0 radical (unpaired) electrons. The van der Waals surface area contributed by atoms with Gasteiger partial charge in [0, 0.05) is 5.92 Å². The Morgan fingerprint density at radius 3 is 2.90 bits per heavy atom. The number of fused-ring (bicyclic) bond motifs is 1. The average molecular weight is 134 g/mol. The molecular weight excluding hydrogens is 124 g/mol. The number of rotatable bonds is 0. The topological polar surface area (TPSA) is 9.23 Å². The fraction of sp³-hybridized carbons (Fsp3) is 0.333. The molecule has 0 aromatic rings. The van der Waals surface area contributed by atoms with E-state index < -0.39 is 0 Å². The highest BCUT2D eigenvalue weighted by molar-refractivity contribution is 5.24. The standard InChI is InChI=1S/C9H10O/c1-7-6-8-4-2-3-5-9(8)10-7/h2-6,8-9H,1H3. The molecule has 52 valence electrons. The molecular formula is C9H10O. The van der Waals surface area contributed by atoms with Crippen LogP contribution in [0.2, 0.25) is 0 Å². The highest BCUT2D eigenvalue weighted by Gasteiger charge is 2.23. The van der Waals surface area contributed by atoms with E-state index in [1.165, 1.54) is 0 Å². The number of allylic oxidation sites excluding steroid dienone is 3. The smallest absolute Gasteiger partial charge is 0.126 e. The molecule has 0 bridgehead atoms. The molecule has 0 amide bonds. The van der Waals surface area contributed by atoms with Crippen LogP contribution in [0.25, 0.3) is 0 Å². The first-order valence-electron chi connectivity index (χ1n) is 3.56. The molecule has 2 unspecified atom stereocenters. The van der Waals surface area contributed by atoms with Crippen LogP contribution in [0.3, 0.4) is 0 Å². The molecule has 10 heavy (non-hydrogen) atoms. The fourth-order valence-electron chi connectivity index (χ4n) is 1.40. The Labute approximate surface area is 60.7 Å². The summed E-state index contributed by atoms with van der Waals surface area (Å²) in [5.74, 6) is 1.54. The van der Waals surface area contributed by atoms with Gasteiger partial charge in [-0.2, -0.15) is 0 Å². The molecule has 0 saturated carbocycles. The minimum atomic E-state index is 0.282. The summed E-state index contributed by atoms with van der Waals surface area (Å²) in [4.78, 5) is 0. The van der Waals surface area contributed by atoms with E-state index in [1.54, 1.807) is 0 Å². The lowest BCUT2D eigenvalue weighted by atomic mass is 9.99. The van der Waals surface area contributed by atoms with Crippen molar-refractivity contribution in [2.75, 3.05) is 0 Å². The fourth-order valence-corrected chi connectivity index (χ4v) is 1.40. The lowest BCUT2D eigenvalue weighted by Crippen LogP contribution is -2.13. The SMILES string of the molecule is CC1=CC2C=CC=CC2O1. The van der Waals surface area contributed by atoms with Gasteiger partial charge < -0.3 is 4.74 Å². The molecule has 1 heteroatoms. The number of ether oxygens (including phenoxy) is 1. The second-order valence-electron chi connectivity index (χ2n) is 2.71. The monoisotopic (exact) mass is 134 g/mol. The maximum atomic E-state index is 5.49. The molecule has 1 heterocycles. The predicted molar refractivity (Wildman–Crippen MR) is 40.4 cm³/mol. The van der Waals surface area contributed by atoms with Crippen LogP contribution in [0, 0.1) is 5.92 Å². The van der Waals surface area contributed by atoms with Crippen LogP contribution >= 0.6 is 0 Å². The summed E-state index contributed by atoms with van der Waals surface area (Å²) in [5, 5.41) is 0. The lowest BCUT2D eigenvalue weighted by Gasteiger charge is -2.13. The van der Waals surface area contributed by atoms with Crippen LogP contribution in [-0.4, -0.2) is 6.10 Å². The van der Waals surface area contributed by atoms with Crippen molar-refractivity contribution in [3.8, 4) is 0 Å². The van der Waals surface area contributed by atoms with Gasteiger partial charge in [-0.05, 0) is 19.1 Å². The van der Waals surface area contributed by atoms with Crippen LogP contribution in [-0.2, 0) is 4.74 Å². The van der Waals surface area contributed by atoms with Gasteiger partial charge in [-0.1, -0.05) is 18.2 Å². The summed E-state index contributed by atoms with van der Waals surface area (Å²) < 4.78 is 5.49. The van der Waals surface area contributed by atoms with Crippen molar-refractivity contribution >= 4 is 0 Å². The van der Waals surface area contributed by atoms with Crippen LogP contribution in [0.1, 0.15) is 6.92 Å². The molecule has 1 nitrogen and oxygen atoms in total. The van der Waals surface area contributed by atoms with Crippen molar-refractivity contribution in [2.45, 2.75) is 13.0 Å². The van der Waals surface area contributed by atoms with E-state index in [4.69, 9.17) is 4.74 Å². The van der Waals surface area contributed by atoms with Gasteiger partial charge in [-0.3, -0.25) is 0 Å². The molecule has 0 saturated heterocycles. The minimum absolute atomic E-state index is 0.282. The van der Waals surface area contributed by atoms with Gasteiger partial charge in [0.05, 0.1) is 5.76 Å². The zero-order valence-corrected chi connectivity index (χ0v) is 5.95. The minimum Gasteiger partial charge on any atom is -0.490 e. The molecule has 0 fully saturated rings. The Morgan fingerprint density at radius 1 is 1.30 bits per heavy atom. The second-order valence-corrected chi connectivity index (χ2v) is 2.71. The molecule has 2 rings (SSSR count). The van der Waals surface area contributed by atoms with Crippen molar-refractivity contribution in [2.24, 2.45) is 5.92 Å². The highest BCUT2D eigenvalue weighted by Crippen LogP contribution is 2.27. The first-order valence-corrected chi connectivity index (χ1v) is 3.56. The maximum Gasteiger partial charge on any atom is 0.126 e. The quantitative estimate of drug-likeness (QED) is 0.492. The van der Waals surface area contributed by atoms with Crippen molar-refractivity contribution in [1.82, 2.24) is 0 Å². The molecule has 1 aliphatic carbocycles. The van der Waals surface area contributed by atoms with Gasteiger partial charge >= 0.3 is 0 Å². The summed E-state index contributed by atoms with van der Waals surface area (Å²) in [6.07, 6.45) is 10.8. The van der Waals surface area contributed by atoms with E-state index in [1.807, 2.05) is 13.0 Å². The first kappa shape index (κ1) is 5.78. The van der Waals surface area contributed by atoms with Crippen LogP contribution in [0.5, 0.6) is 0 Å². The lowest BCUT2D eigenvalue weighted by molar-refractivity contribution is 0.166. The van der Waals surface area contributed by atoms with E-state index in [9.17, 15) is 0 Å². The van der Waals surface area contributed by atoms with E-state index in [-0.39, 0.29) is 6.10 Å². The summed E-state index contributed by atoms with van der Waals surface area (Å²) in [7, 11) is 0. The molecule has 0 spiro atoms. The molecule has 2 atom stereocenters. The predicted octanol–water partition coefficient (Wildman–Crippen LogP) is 2.03. The van der Waals surface area contributed by atoms with Crippen LogP contribution in [0.4, 0.5) is 0 Å². The van der Waals surface area contributed by atoms with Crippen molar-refractivity contribution < 1.29 is 4.74 Å². The van der Waals surface area contributed by atoms with Gasteiger partial charge in [-0.15, -0.1) is 0 Å².